The summed E-state index contributed by atoms with van der Waals surface area (Å²) >= 11 is 3.72. The first-order valence-electron chi connectivity index (χ1n) is 47.1. The van der Waals surface area contributed by atoms with Gasteiger partial charge in [-0.05, 0) is 287 Å². The second-order valence-electron chi connectivity index (χ2n) is 37.6. The van der Waals surface area contributed by atoms with Crippen molar-refractivity contribution in [3.8, 4) is 22.3 Å². The third-order valence-corrected chi connectivity index (χ3v) is 31.6. The van der Waals surface area contributed by atoms with Crippen LogP contribution in [-0.2, 0) is 10.8 Å². The van der Waals surface area contributed by atoms with E-state index in [1.165, 1.54) is 193 Å². The lowest BCUT2D eigenvalue weighted by molar-refractivity contribution is 0.666. The molecule has 0 spiro atoms. The van der Waals surface area contributed by atoms with Gasteiger partial charge in [-0.1, -0.05) is 337 Å². The van der Waals surface area contributed by atoms with Crippen LogP contribution in [0.2, 0.25) is 0 Å². The summed E-state index contributed by atoms with van der Waals surface area (Å²) < 4.78 is 11.8. The molecule has 640 valence electrons. The maximum Gasteiger partial charge on any atom is 0.143 e. The van der Waals surface area contributed by atoms with E-state index in [1.807, 2.05) is 28.7 Å². The Morgan fingerprint density at radius 3 is 0.949 bits per heavy atom. The number of hydrogen-bond donors (Lipinski definition) is 0. The molecule has 29 rings (SSSR count). The summed E-state index contributed by atoms with van der Waals surface area (Å²) in [4.78, 5) is 7.14. The Balaban J connectivity index is 0.000000103. The van der Waals surface area contributed by atoms with Crippen LogP contribution in [0.5, 0.6) is 0 Å². The standard InChI is InChI=1S/C45H31NS.C43H31N.C42H25NOS/c1-45(2)39-18-10-8-17-36(39)43-37-23-20-28-26-30(21-24-32(28)42(37)34-15-6-7-16-35(34)44(43)45)46(29-12-4-3-5-13-29)31-22-25-41-38(27-31)33-14-9-11-19-40(33)47-41;1-43(2)39-19-11-10-18-37(39)41-38-24-21-30-27-33(23-25-34(30)40(38)35-16-8-9-17-36(35)42(41)43)44(31-14-4-3-5-15-31)32-22-20-28-12-6-7-13-29(28)26-32;1-2-10-27(11-3-1)43(29-20-23-39-36(25-29)31-12-7-9-17-38(31)45-39)28-19-22-30-26(24-28)18-21-35-40(30)32-13-4-5-14-33(32)41-34-15-6-8-16-37(34)44-42(35)41/h3-27H,1-2H3;3-27H,1-2H3;1-25H. The van der Waals surface area contributed by atoms with Gasteiger partial charge in [0.15, 0.2) is 0 Å². The maximum absolute atomic E-state index is 6.55. The highest BCUT2D eigenvalue weighted by molar-refractivity contribution is 7.26. The van der Waals surface area contributed by atoms with Gasteiger partial charge in [-0.2, -0.15) is 0 Å². The minimum atomic E-state index is -0.0659. The average molecular weight is 1770 g/mol. The first kappa shape index (κ1) is 79.3. The Hall–Kier alpha value is -16.5. The minimum absolute atomic E-state index is 0.0609. The van der Waals surface area contributed by atoms with E-state index in [9.17, 15) is 0 Å². The van der Waals surface area contributed by atoms with Gasteiger partial charge in [0.05, 0.1) is 0 Å². The number of para-hydroxylation sites is 4. The zero-order chi connectivity index (χ0) is 90.2. The second kappa shape index (κ2) is 31.1. The molecule has 0 fully saturated rings. The molecule has 27 aromatic rings. The third-order valence-electron chi connectivity index (χ3n) is 29.3. The van der Waals surface area contributed by atoms with Gasteiger partial charge in [-0.15, -0.1) is 22.7 Å². The van der Waals surface area contributed by atoms with Gasteiger partial charge in [0, 0.05) is 124 Å². The average Bonchev–Trinajstić information content (AvgIpc) is 1.52. The summed E-state index contributed by atoms with van der Waals surface area (Å²) in [6, 6.07) is 167. The third kappa shape index (κ3) is 12.3. The number of benzene rings is 24. The van der Waals surface area contributed by atoms with Crippen LogP contribution in [0.3, 0.4) is 0 Å². The zero-order valence-corrected chi connectivity index (χ0v) is 77.0. The molecule has 4 nitrogen and oxygen atoms in total. The normalized spacial score (nSPS) is 13.0. The number of rotatable bonds is 9. The molecule has 0 atom stereocenters. The largest absolute Gasteiger partial charge is 0.455 e. The molecule has 24 aromatic carbocycles. The van der Waals surface area contributed by atoms with Gasteiger partial charge in [0.1, 0.15) is 11.2 Å². The van der Waals surface area contributed by atoms with Crippen molar-refractivity contribution < 1.29 is 4.42 Å². The Kier molecular flexibility index (Phi) is 18.1. The van der Waals surface area contributed by atoms with Crippen molar-refractivity contribution in [1.29, 1.82) is 0 Å². The zero-order valence-electron chi connectivity index (χ0n) is 75.4. The first-order chi connectivity index (χ1) is 67.0. The summed E-state index contributed by atoms with van der Waals surface area (Å²) in [7, 11) is 0. The molecule has 0 N–H and O–H groups in total. The quantitative estimate of drug-likeness (QED) is 0.134. The number of nitrogens with zero attached hydrogens (tertiary/aromatic N) is 3. The summed E-state index contributed by atoms with van der Waals surface area (Å²) in [5.41, 5.74) is 23.3. The highest BCUT2D eigenvalue weighted by Crippen LogP contribution is 2.59. The molecule has 2 aliphatic rings. The van der Waals surface area contributed by atoms with E-state index >= 15 is 0 Å². The molecule has 6 heteroatoms. The number of furan rings is 1. The predicted octanol–water partition coefficient (Wildman–Crippen LogP) is 38.2. The molecule has 2 aliphatic carbocycles. The van der Waals surface area contributed by atoms with Crippen molar-refractivity contribution >= 4 is 244 Å². The molecule has 0 aliphatic heterocycles. The van der Waals surface area contributed by atoms with Gasteiger partial charge in [0.2, 0.25) is 0 Å². The monoisotopic (exact) mass is 1770 g/mol. The van der Waals surface area contributed by atoms with Crippen molar-refractivity contribution in [2.45, 2.75) is 38.5 Å². The molecular formula is C130H87N3OS2. The Morgan fingerprint density at radius 1 is 0.191 bits per heavy atom. The van der Waals surface area contributed by atoms with E-state index in [4.69, 9.17) is 4.42 Å². The van der Waals surface area contributed by atoms with Crippen LogP contribution in [0.1, 0.15) is 49.9 Å². The molecule has 3 heterocycles. The van der Waals surface area contributed by atoms with E-state index in [0.29, 0.717) is 0 Å². The van der Waals surface area contributed by atoms with Gasteiger partial charge >= 0.3 is 0 Å². The van der Waals surface area contributed by atoms with E-state index < -0.39 is 0 Å². The van der Waals surface area contributed by atoms with Crippen LogP contribution >= 0.6 is 22.7 Å². The highest BCUT2D eigenvalue weighted by atomic mass is 32.1. The summed E-state index contributed by atoms with van der Waals surface area (Å²) in [5.74, 6) is 0. The van der Waals surface area contributed by atoms with Crippen molar-refractivity contribution in [1.82, 2.24) is 0 Å². The maximum atomic E-state index is 6.55. The molecule has 0 saturated carbocycles. The molecule has 0 saturated heterocycles. The molecule has 3 aromatic heterocycles. The van der Waals surface area contributed by atoms with Crippen molar-refractivity contribution in [2.24, 2.45) is 0 Å². The van der Waals surface area contributed by atoms with Gasteiger partial charge < -0.3 is 19.1 Å². The molecule has 0 bridgehead atoms. The second-order valence-corrected chi connectivity index (χ2v) is 39.7. The van der Waals surface area contributed by atoms with Crippen molar-refractivity contribution in [3.05, 3.63) is 477 Å². The van der Waals surface area contributed by atoms with Crippen LogP contribution in [0, 0.1) is 0 Å². The summed E-state index contributed by atoms with van der Waals surface area (Å²) in [5, 5.41) is 33.1. The number of hydrogen-bond acceptors (Lipinski definition) is 6. The van der Waals surface area contributed by atoms with Crippen LogP contribution in [0.15, 0.2) is 459 Å². The van der Waals surface area contributed by atoms with Crippen LogP contribution < -0.4 is 14.7 Å². The minimum Gasteiger partial charge on any atom is -0.455 e. The topological polar surface area (TPSA) is 22.9 Å². The lowest BCUT2D eigenvalue weighted by Gasteiger charge is -2.26. The summed E-state index contributed by atoms with van der Waals surface area (Å²) in [6.45, 7) is 9.54. The lowest BCUT2D eigenvalue weighted by Crippen LogP contribution is -2.15. The predicted molar refractivity (Wildman–Crippen MR) is 587 cm³/mol. The van der Waals surface area contributed by atoms with Crippen molar-refractivity contribution in [2.75, 3.05) is 14.7 Å². The van der Waals surface area contributed by atoms with Crippen LogP contribution in [0.25, 0.3) is 192 Å². The SMILES string of the molecule is CC1(C)c2ccccc2-c2c1c1ccccc1c1c2ccc2cc(N(c3ccccc3)c3ccc4ccccc4c3)ccc21.CC1(C)c2ccccc2-c2c1c1ccccc1c1c2ccc2cc(N(c3ccccc3)c3ccc4sc5ccccc5c4c3)ccc21.c1ccc(N(c2ccc3c(ccc4c5oc6ccccc6c5c5ccccc5c34)c2)c2ccc3sc4ccccc4c3c2)cc1. The van der Waals surface area contributed by atoms with E-state index in [-0.39, 0.29) is 10.8 Å². The molecule has 0 radical (unpaired) electrons. The van der Waals surface area contributed by atoms with Crippen molar-refractivity contribution in [3.63, 3.8) is 0 Å². The fraction of sp³-hybridized carbons (Fsp3) is 0.0462. The van der Waals surface area contributed by atoms with Crippen LogP contribution in [-0.4, -0.2) is 0 Å². The van der Waals surface area contributed by atoms with Gasteiger partial charge in [-0.25, -0.2) is 0 Å². The molecular weight excluding hydrogens is 1680 g/mol. The van der Waals surface area contributed by atoms with E-state index in [0.717, 1.165) is 73.1 Å². The molecule has 136 heavy (non-hydrogen) atoms. The number of anilines is 9. The molecule has 0 unspecified atom stereocenters. The van der Waals surface area contributed by atoms with E-state index in [1.54, 1.807) is 0 Å². The Morgan fingerprint density at radius 2 is 0.493 bits per heavy atom. The number of thiophene rings is 2. The smallest absolute Gasteiger partial charge is 0.143 e. The van der Waals surface area contributed by atoms with Crippen LogP contribution in [0.4, 0.5) is 51.2 Å². The van der Waals surface area contributed by atoms with Gasteiger partial charge in [-0.3, -0.25) is 0 Å². The highest BCUT2D eigenvalue weighted by Gasteiger charge is 2.41. The Labute approximate surface area is 794 Å². The van der Waals surface area contributed by atoms with Gasteiger partial charge in [0.25, 0.3) is 0 Å². The molecule has 0 amide bonds. The van der Waals surface area contributed by atoms with E-state index in [2.05, 4.69) is 491 Å². The summed E-state index contributed by atoms with van der Waals surface area (Å²) in [6.07, 6.45) is 0. The Bertz CT molecular complexity index is 9660. The fourth-order valence-electron chi connectivity index (χ4n) is 23.4. The first-order valence-corrected chi connectivity index (χ1v) is 48.7. The fourth-order valence-corrected chi connectivity index (χ4v) is 25.5. The number of fused-ring (bicyclic) bond motifs is 37. The lowest BCUT2D eigenvalue weighted by atomic mass is 9.79.